The van der Waals surface area contributed by atoms with Crippen molar-refractivity contribution in [2.24, 2.45) is 0 Å². The first-order valence-electron chi connectivity index (χ1n) is 6.28. The first-order chi connectivity index (χ1) is 9.61. The predicted molar refractivity (Wildman–Crippen MR) is 82.9 cm³/mol. The van der Waals surface area contributed by atoms with Crippen LogP contribution in [-0.2, 0) is 5.75 Å². The molecule has 0 amide bonds. The number of phenolic OH excluding ortho intramolecular Hbond substituents is 1. The molecule has 0 aliphatic heterocycles. The Bertz CT molecular complexity index is 767. The number of nitrogen functional groups attached to an aromatic ring is 1. The fourth-order valence-electron chi connectivity index (χ4n) is 2.04. The number of phenols is 1. The zero-order chi connectivity index (χ0) is 14.1. The summed E-state index contributed by atoms with van der Waals surface area (Å²) >= 11 is 1.55. The van der Waals surface area contributed by atoms with Crippen LogP contribution < -0.4 is 5.73 Å². The molecule has 1 heterocycles. The number of hydrogen-bond donors (Lipinski definition) is 3. The lowest BCUT2D eigenvalue weighted by Crippen LogP contribution is -1.88. The maximum absolute atomic E-state index is 9.79. The Morgan fingerprint density at radius 1 is 1.25 bits per heavy atom. The third-order valence-corrected chi connectivity index (χ3v) is 4.01. The molecule has 3 aromatic rings. The molecule has 0 aliphatic carbocycles. The number of nitrogens with zero attached hydrogens (tertiary/aromatic N) is 1. The van der Waals surface area contributed by atoms with Crippen LogP contribution in [0.1, 0.15) is 11.1 Å². The monoisotopic (exact) mass is 285 g/mol. The number of aromatic amines is 1. The highest BCUT2D eigenvalue weighted by atomic mass is 32.2. The lowest BCUT2D eigenvalue weighted by atomic mass is 10.2. The van der Waals surface area contributed by atoms with E-state index in [4.69, 9.17) is 5.73 Å². The van der Waals surface area contributed by atoms with Crippen molar-refractivity contribution in [3.63, 3.8) is 0 Å². The Balaban J connectivity index is 1.81. The van der Waals surface area contributed by atoms with Crippen LogP contribution in [0, 0.1) is 6.92 Å². The minimum Gasteiger partial charge on any atom is -0.508 e. The number of aromatic hydroxyl groups is 1. The fourth-order valence-corrected chi connectivity index (χ4v) is 2.90. The average molecular weight is 285 g/mol. The van der Waals surface area contributed by atoms with Gasteiger partial charge in [0.25, 0.3) is 0 Å². The Morgan fingerprint density at radius 2 is 2.10 bits per heavy atom. The third kappa shape index (κ3) is 2.58. The number of aromatic nitrogens is 2. The van der Waals surface area contributed by atoms with E-state index in [9.17, 15) is 5.11 Å². The molecule has 20 heavy (non-hydrogen) atoms. The molecule has 4 N–H and O–H groups in total. The van der Waals surface area contributed by atoms with E-state index in [1.165, 1.54) is 5.56 Å². The van der Waals surface area contributed by atoms with Crippen LogP contribution in [0.2, 0.25) is 0 Å². The van der Waals surface area contributed by atoms with Gasteiger partial charge in [-0.3, -0.25) is 0 Å². The van der Waals surface area contributed by atoms with Crippen molar-refractivity contribution in [2.75, 3.05) is 5.73 Å². The summed E-state index contributed by atoms with van der Waals surface area (Å²) in [6.07, 6.45) is 0. The Hall–Kier alpha value is -2.14. The number of benzene rings is 2. The van der Waals surface area contributed by atoms with Crippen LogP contribution in [0.25, 0.3) is 11.0 Å². The Labute approximate surface area is 121 Å². The van der Waals surface area contributed by atoms with Gasteiger partial charge < -0.3 is 15.8 Å². The second-order valence-electron chi connectivity index (χ2n) is 4.74. The summed E-state index contributed by atoms with van der Waals surface area (Å²) in [5, 5.41) is 10.6. The maximum atomic E-state index is 9.79. The molecule has 5 heteroatoms. The summed E-state index contributed by atoms with van der Waals surface area (Å²) in [7, 11) is 0. The molecule has 3 rings (SSSR count). The Morgan fingerprint density at radius 3 is 2.95 bits per heavy atom. The fraction of sp³-hybridized carbons (Fsp3) is 0.133. The highest BCUT2D eigenvalue weighted by Crippen LogP contribution is 2.28. The van der Waals surface area contributed by atoms with Gasteiger partial charge >= 0.3 is 0 Å². The highest BCUT2D eigenvalue weighted by molar-refractivity contribution is 7.98. The molecule has 0 atom stereocenters. The maximum Gasteiger partial charge on any atom is 0.166 e. The lowest BCUT2D eigenvalue weighted by Gasteiger charge is -2.03. The van der Waals surface area contributed by atoms with Crippen LogP contribution in [-0.4, -0.2) is 15.1 Å². The summed E-state index contributed by atoms with van der Waals surface area (Å²) in [4.78, 5) is 7.80. The van der Waals surface area contributed by atoms with Gasteiger partial charge in [0.05, 0.1) is 11.0 Å². The molecule has 0 unspecified atom stereocenters. The molecule has 0 spiro atoms. The third-order valence-electron chi connectivity index (χ3n) is 3.08. The van der Waals surface area contributed by atoms with Crippen LogP contribution in [0.4, 0.5) is 5.69 Å². The normalized spacial score (nSPS) is 11.1. The van der Waals surface area contributed by atoms with Gasteiger partial charge in [-0.2, -0.15) is 0 Å². The molecule has 0 bridgehead atoms. The zero-order valence-electron chi connectivity index (χ0n) is 11.1. The molecule has 0 saturated heterocycles. The molecule has 1 aromatic heterocycles. The van der Waals surface area contributed by atoms with Gasteiger partial charge in [0.1, 0.15) is 5.75 Å². The van der Waals surface area contributed by atoms with Gasteiger partial charge in [-0.25, -0.2) is 4.98 Å². The van der Waals surface area contributed by atoms with Crippen molar-refractivity contribution in [1.29, 1.82) is 0 Å². The number of rotatable bonds is 3. The van der Waals surface area contributed by atoms with E-state index in [2.05, 4.69) is 23.0 Å². The van der Waals surface area contributed by atoms with Crippen molar-refractivity contribution < 1.29 is 5.11 Å². The number of hydrogen-bond acceptors (Lipinski definition) is 4. The van der Waals surface area contributed by atoms with E-state index >= 15 is 0 Å². The molecular weight excluding hydrogens is 270 g/mol. The smallest absolute Gasteiger partial charge is 0.166 e. The number of fused-ring (bicyclic) bond motifs is 1. The number of aryl methyl sites for hydroxylation is 1. The quantitative estimate of drug-likeness (QED) is 0.391. The number of nitrogens with two attached hydrogens (primary N) is 1. The number of thioether (sulfide) groups is 1. The van der Waals surface area contributed by atoms with Crippen LogP contribution in [0.5, 0.6) is 5.75 Å². The molecule has 0 fully saturated rings. The van der Waals surface area contributed by atoms with Crippen LogP contribution in [0.3, 0.4) is 0 Å². The van der Waals surface area contributed by atoms with Crippen molar-refractivity contribution in [1.82, 2.24) is 9.97 Å². The van der Waals surface area contributed by atoms with Crippen molar-refractivity contribution >= 4 is 28.5 Å². The Kier molecular flexibility index (Phi) is 3.28. The molecule has 4 nitrogen and oxygen atoms in total. The largest absolute Gasteiger partial charge is 0.508 e. The predicted octanol–water partition coefficient (Wildman–Crippen LogP) is 3.45. The summed E-state index contributed by atoms with van der Waals surface area (Å²) in [6.45, 7) is 2.05. The van der Waals surface area contributed by atoms with E-state index in [1.54, 1.807) is 30.0 Å². The van der Waals surface area contributed by atoms with Gasteiger partial charge in [-0.1, -0.05) is 17.8 Å². The van der Waals surface area contributed by atoms with E-state index in [1.807, 2.05) is 12.1 Å². The molecule has 0 radical (unpaired) electrons. The van der Waals surface area contributed by atoms with Gasteiger partial charge in [-0.05, 0) is 42.8 Å². The zero-order valence-corrected chi connectivity index (χ0v) is 11.9. The first kappa shape index (κ1) is 12.9. The SMILES string of the molecule is Cc1ccc2nc(SCc3cc(N)ccc3O)[nH]c2c1. The van der Waals surface area contributed by atoms with Crippen molar-refractivity contribution in [2.45, 2.75) is 17.8 Å². The second kappa shape index (κ2) is 5.09. The highest BCUT2D eigenvalue weighted by Gasteiger charge is 2.06. The van der Waals surface area contributed by atoms with Gasteiger partial charge in [0, 0.05) is 17.0 Å². The van der Waals surface area contributed by atoms with Gasteiger partial charge in [-0.15, -0.1) is 0 Å². The van der Waals surface area contributed by atoms with E-state index in [-0.39, 0.29) is 5.75 Å². The molecule has 0 saturated carbocycles. The van der Waals surface area contributed by atoms with Crippen molar-refractivity contribution in [3.8, 4) is 5.75 Å². The minimum atomic E-state index is 0.263. The average Bonchev–Trinajstić information content (AvgIpc) is 2.81. The molecule has 102 valence electrons. The van der Waals surface area contributed by atoms with Gasteiger partial charge in [0.2, 0.25) is 0 Å². The van der Waals surface area contributed by atoms with Crippen molar-refractivity contribution in [3.05, 3.63) is 47.5 Å². The summed E-state index contributed by atoms with van der Waals surface area (Å²) < 4.78 is 0. The molecule has 2 aromatic carbocycles. The number of imidazole rings is 1. The summed E-state index contributed by atoms with van der Waals surface area (Å²) in [5.74, 6) is 0.883. The van der Waals surface area contributed by atoms with Gasteiger partial charge in [0.15, 0.2) is 5.16 Å². The summed E-state index contributed by atoms with van der Waals surface area (Å²) in [5.41, 5.74) is 10.4. The van der Waals surface area contributed by atoms with E-state index < -0.39 is 0 Å². The summed E-state index contributed by atoms with van der Waals surface area (Å²) in [6, 6.07) is 11.2. The number of H-pyrrole nitrogens is 1. The van der Waals surface area contributed by atoms with E-state index in [0.717, 1.165) is 21.8 Å². The molecule has 0 aliphatic rings. The first-order valence-corrected chi connectivity index (χ1v) is 7.27. The minimum absolute atomic E-state index is 0.263. The van der Waals surface area contributed by atoms with Crippen LogP contribution in [0.15, 0.2) is 41.6 Å². The number of nitrogens with one attached hydrogen (secondary N) is 1. The lowest BCUT2D eigenvalue weighted by molar-refractivity contribution is 0.471. The second-order valence-corrected chi connectivity index (χ2v) is 5.70. The van der Waals surface area contributed by atoms with E-state index in [0.29, 0.717) is 11.4 Å². The standard InChI is InChI=1S/C15H15N3OS/c1-9-2-4-12-13(6-9)18-15(17-12)20-8-10-7-11(16)3-5-14(10)19/h2-7,19H,8,16H2,1H3,(H,17,18). The van der Waals surface area contributed by atoms with Crippen LogP contribution >= 0.6 is 11.8 Å². The molecular formula is C15H15N3OS. The topological polar surface area (TPSA) is 74.9 Å². The number of anilines is 1.